The number of nitrogens with two attached hydrogens (primary N) is 1. The highest BCUT2D eigenvalue weighted by molar-refractivity contribution is 7.17. The minimum Gasteiger partial charge on any atom is -0.365 e. The maximum absolute atomic E-state index is 12.4. The van der Waals surface area contributed by atoms with E-state index in [0.717, 1.165) is 43.2 Å². The number of anilines is 1. The molecule has 0 unspecified atom stereocenters. The van der Waals surface area contributed by atoms with Crippen molar-refractivity contribution in [2.24, 2.45) is 5.73 Å². The molecule has 126 valence electrons. The molecule has 2 amide bonds. The van der Waals surface area contributed by atoms with Crippen LogP contribution in [-0.4, -0.2) is 11.8 Å². The summed E-state index contributed by atoms with van der Waals surface area (Å²) in [6.07, 6.45) is 5.32. The molecule has 1 aromatic heterocycles. The molecule has 0 saturated carbocycles. The molecule has 0 saturated heterocycles. The molecular weight excluding hydrogens is 320 g/mol. The molecule has 1 aliphatic carbocycles. The number of hydrogen-bond acceptors (Lipinski definition) is 3. The lowest BCUT2D eigenvalue weighted by atomic mass is 9.95. The Morgan fingerprint density at radius 1 is 1.12 bits per heavy atom. The summed E-state index contributed by atoms with van der Waals surface area (Å²) in [6.45, 7) is 2.10. The van der Waals surface area contributed by atoms with Crippen molar-refractivity contribution in [3.63, 3.8) is 0 Å². The van der Waals surface area contributed by atoms with Gasteiger partial charge in [-0.25, -0.2) is 0 Å². The van der Waals surface area contributed by atoms with Crippen LogP contribution in [0, 0.1) is 0 Å². The van der Waals surface area contributed by atoms with E-state index in [1.807, 2.05) is 24.3 Å². The Morgan fingerprint density at radius 2 is 1.79 bits per heavy atom. The van der Waals surface area contributed by atoms with Gasteiger partial charge in [0.15, 0.2) is 0 Å². The molecule has 0 fully saturated rings. The number of carbonyl (C=O) groups is 2. The Balaban J connectivity index is 1.76. The Hall–Kier alpha value is -2.14. The van der Waals surface area contributed by atoms with Crippen LogP contribution in [-0.2, 0) is 30.5 Å². The molecule has 3 rings (SSSR count). The Bertz CT molecular complexity index is 762. The van der Waals surface area contributed by atoms with E-state index in [9.17, 15) is 9.59 Å². The number of benzene rings is 1. The third-order valence-electron chi connectivity index (χ3n) is 4.47. The first kappa shape index (κ1) is 16.7. The number of carbonyl (C=O) groups excluding carboxylic acids is 2. The fraction of sp³-hybridized carbons (Fsp3) is 0.368. The molecule has 2 aromatic rings. The topological polar surface area (TPSA) is 72.2 Å². The van der Waals surface area contributed by atoms with Crippen LogP contribution < -0.4 is 11.1 Å². The first-order valence-electron chi connectivity index (χ1n) is 8.40. The molecule has 0 bridgehead atoms. The number of primary amides is 1. The molecule has 3 N–H and O–H groups in total. The molecular formula is C19H22N2O2S. The van der Waals surface area contributed by atoms with Crippen molar-refractivity contribution in [3.05, 3.63) is 51.4 Å². The van der Waals surface area contributed by atoms with E-state index in [2.05, 4.69) is 12.2 Å². The van der Waals surface area contributed by atoms with Crippen LogP contribution in [0.2, 0.25) is 0 Å². The van der Waals surface area contributed by atoms with Crippen LogP contribution in [0.4, 0.5) is 5.00 Å². The number of fused-ring (bicyclic) bond motifs is 1. The van der Waals surface area contributed by atoms with E-state index in [4.69, 9.17) is 5.73 Å². The largest absolute Gasteiger partial charge is 0.365 e. The second-order valence-corrected chi connectivity index (χ2v) is 7.28. The first-order chi connectivity index (χ1) is 11.6. The lowest BCUT2D eigenvalue weighted by Crippen LogP contribution is -2.19. The molecule has 0 atom stereocenters. The number of nitrogens with one attached hydrogen (secondary N) is 1. The Morgan fingerprint density at radius 3 is 2.46 bits per heavy atom. The summed E-state index contributed by atoms with van der Waals surface area (Å²) in [5.41, 5.74) is 9.34. The zero-order valence-corrected chi connectivity index (χ0v) is 14.7. The number of aryl methyl sites for hydroxylation is 2. The van der Waals surface area contributed by atoms with Crippen LogP contribution in [0.25, 0.3) is 0 Å². The fourth-order valence-corrected chi connectivity index (χ4v) is 4.47. The second kappa shape index (κ2) is 7.18. The van der Waals surface area contributed by atoms with Gasteiger partial charge in [-0.2, -0.15) is 0 Å². The molecule has 0 radical (unpaired) electrons. The van der Waals surface area contributed by atoms with Gasteiger partial charge in [0.05, 0.1) is 12.0 Å². The summed E-state index contributed by atoms with van der Waals surface area (Å²) in [6, 6.07) is 8.04. The Kier molecular flexibility index (Phi) is 5.00. The van der Waals surface area contributed by atoms with Gasteiger partial charge in [-0.3, -0.25) is 9.59 Å². The van der Waals surface area contributed by atoms with E-state index < -0.39 is 5.91 Å². The molecule has 1 aliphatic rings. The van der Waals surface area contributed by atoms with Gasteiger partial charge in [0, 0.05) is 4.88 Å². The summed E-state index contributed by atoms with van der Waals surface area (Å²) in [5, 5.41) is 3.52. The van der Waals surface area contributed by atoms with Gasteiger partial charge in [-0.05, 0) is 48.8 Å². The van der Waals surface area contributed by atoms with E-state index in [-0.39, 0.29) is 5.91 Å². The SMILES string of the molecule is CCc1ccc(CC(=O)Nc2sc3c(c2C(N)=O)CCCC3)cc1. The van der Waals surface area contributed by atoms with E-state index >= 15 is 0 Å². The second-order valence-electron chi connectivity index (χ2n) is 6.17. The summed E-state index contributed by atoms with van der Waals surface area (Å²) >= 11 is 1.50. The number of rotatable bonds is 5. The van der Waals surface area contributed by atoms with Gasteiger partial charge < -0.3 is 11.1 Å². The molecule has 24 heavy (non-hydrogen) atoms. The summed E-state index contributed by atoms with van der Waals surface area (Å²) < 4.78 is 0. The monoisotopic (exact) mass is 342 g/mol. The van der Waals surface area contributed by atoms with Gasteiger partial charge in [0.1, 0.15) is 5.00 Å². The zero-order valence-electron chi connectivity index (χ0n) is 13.9. The first-order valence-corrected chi connectivity index (χ1v) is 9.22. The van der Waals surface area contributed by atoms with Crippen molar-refractivity contribution in [2.75, 3.05) is 5.32 Å². The summed E-state index contributed by atoms with van der Waals surface area (Å²) in [5.74, 6) is -0.558. The van der Waals surface area contributed by atoms with Gasteiger partial charge in [0.2, 0.25) is 5.91 Å². The molecule has 0 spiro atoms. The van der Waals surface area contributed by atoms with E-state index in [0.29, 0.717) is 17.0 Å². The van der Waals surface area contributed by atoms with Crippen LogP contribution in [0.15, 0.2) is 24.3 Å². The van der Waals surface area contributed by atoms with Gasteiger partial charge in [-0.1, -0.05) is 31.2 Å². The zero-order chi connectivity index (χ0) is 17.1. The highest BCUT2D eigenvalue weighted by Gasteiger charge is 2.24. The van der Waals surface area contributed by atoms with Crippen LogP contribution in [0.5, 0.6) is 0 Å². The third kappa shape index (κ3) is 3.51. The highest BCUT2D eigenvalue weighted by Crippen LogP contribution is 2.37. The lowest BCUT2D eigenvalue weighted by molar-refractivity contribution is -0.115. The number of thiophene rings is 1. The predicted molar refractivity (Wildman–Crippen MR) is 97.6 cm³/mol. The minimum atomic E-state index is -0.447. The van der Waals surface area contributed by atoms with Crippen molar-refractivity contribution in [1.82, 2.24) is 0 Å². The molecule has 1 aromatic carbocycles. The van der Waals surface area contributed by atoms with Crippen LogP contribution >= 0.6 is 11.3 Å². The minimum absolute atomic E-state index is 0.111. The van der Waals surface area contributed by atoms with Crippen molar-refractivity contribution >= 4 is 28.2 Å². The predicted octanol–water partition coefficient (Wildman–Crippen LogP) is 3.47. The molecule has 0 aliphatic heterocycles. The van der Waals surface area contributed by atoms with E-state index in [1.54, 1.807) is 0 Å². The highest BCUT2D eigenvalue weighted by atomic mass is 32.1. The number of hydrogen-bond donors (Lipinski definition) is 2. The third-order valence-corrected chi connectivity index (χ3v) is 5.67. The van der Waals surface area contributed by atoms with Crippen LogP contribution in [0.3, 0.4) is 0 Å². The Labute approximate surface area is 146 Å². The molecule has 1 heterocycles. The molecule has 4 nitrogen and oxygen atoms in total. The fourth-order valence-electron chi connectivity index (χ4n) is 3.16. The smallest absolute Gasteiger partial charge is 0.251 e. The standard InChI is InChI=1S/C19H22N2O2S/c1-2-12-7-9-13(10-8-12)11-16(22)21-19-17(18(20)23)14-5-3-4-6-15(14)24-19/h7-10H,2-6,11H2,1H3,(H2,20,23)(H,21,22). The normalized spacial score (nSPS) is 13.4. The average molecular weight is 342 g/mol. The van der Waals surface area contributed by atoms with Crippen molar-refractivity contribution < 1.29 is 9.59 Å². The van der Waals surface area contributed by atoms with Crippen molar-refractivity contribution in [3.8, 4) is 0 Å². The van der Waals surface area contributed by atoms with Crippen molar-refractivity contribution in [1.29, 1.82) is 0 Å². The summed E-state index contributed by atoms with van der Waals surface area (Å²) in [4.78, 5) is 25.4. The quantitative estimate of drug-likeness (QED) is 0.873. The maximum Gasteiger partial charge on any atom is 0.251 e. The average Bonchev–Trinajstić information content (AvgIpc) is 2.93. The summed E-state index contributed by atoms with van der Waals surface area (Å²) in [7, 11) is 0. The maximum atomic E-state index is 12.4. The van der Waals surface area contributed by atoms with Crippen LogP contribution in [0.1, 0.15) is 51.7 Å². The lowest BCUT2D eigenvalue weighted by Gasteiger charge is -2.11. The number of amides is 2. The van der Waals surface area contributed by atoms with Gasteiger partial charge in [0.25, 0.3) is 5.91 Å². The van der Waals surface area contributed by atoms with Gasteiger partial charge >= 0.3 is 0 Å². The van der Waals surface area contributed by atoms with Crippen molar-refractivity contribution in [2.45, 2.75) is 45.4 Å². The van der Waals surface area contributed by atoms with Gasteiger partial charge in [-0.15, -0.1) is 11.3 Å². The molecule has 5 heteroatoms. The van der Waals surface area contributed by atoms with E-state index in [1.165, 1.54) is 21.8 Å².